The number of amides is 1. The second-order valence-electron chi connectivity index (χ2n) is 4.29. The smallest absolute Gasteiger partial charge is 0.238 e. The molecule has 0 aliphatic rings. The Kier molecular flexibility index (Phi) is 5.06. The maximum atomic E-state index is 11.8. The van der Waals surface area contributed by atoms with E-state index in [1.807, 2.05) is 13.0 Å². The topological polar surface area (TPSA) is 54.3 Å². The predicted octanol–water partition coefficient (Wildman–Crippen LogP) is 3.88. The van der Waals surface area contributed by atoms with E-state index in [-0.39, 0.29) is 18.5 Å². The van der Waals surface area contributed by atoms with Crippen LogP contribution in [0, 0.1) is 0 Å². The fourth-order valence-corrected chi connectivity index (χ4v) is 2.01. The van der Waals surface area contributed by atoms with Crippen LogP contribution < -0.4 is 10.6 Å². The number of carbonyl (C=O) groups is 1. The highest BCUT2D eigenvalue weighted by atomic mass is 35.5. The summed E-state index contributed by atoms with van der Waals surface area (Å²) in [5.41, 5.74) is 0.497. The van der Waals surface area contributed by atoms with Crippen molar-refractivity contribution in [2.45, 2.75) is 13.0 Å². The maximum Gasteiger partial charge on any atom is 0.238 e. The molecule has 1 aromatic carbocycles. The van der Waals surface area contributed by atoms with Crippen LogP contribution in [0.1, 0.15) is 18.7 Å². The molecule has 0 fully saturated rings. The summed E-state index contributed by atoms with van der Waals surface area (Å²) >= 11 is 11.8. The van der Waals surface area contributed by atoms with Gasteiger partial charge < -0.3 is 9.73 Å². The van der Waals surface area contributed by atoms with Gasteiger partial charge in [-0.05, 0) is 37.3 Å². The molecule has 0 aliphatic heterocycles. The lowest BCUT2D eigenvalue weighted by atomic mass is 10.2. The highest BCUT2D eigenvalue weighted by molar-refractivity contribution is 6.35. The van der Waals surface area contributed by atoms with Crippen LogP contribution in [0.25, 0.3) is 0 Å². The number of carbonyl (C=O) groups excluding carboxylic acids is 1. The van der Waals surface area contributed by atoms with Crippen molar-refractivity contribution in [3.8, 4) is 0 Å². The molecule has 106 valence electrons. The Hall–Kier alpha value is -1.49. The van der Waals surface area contributed by atoms with Crippen LogP contribution in [0.2, 0.25) is 10.0 Å². The third-order valence-corrected chi connectivity index (χ3v) is 3.31. The molecule has 0 saturated carbocycles. The highest BCUT2D eigenvalue weighted by Gasteiger charge is 2.11. The Balaban J connectivity index is 1.88. The van der Waals surface area contributed by atoms with Crippen LogP contribution in [0.5, 0.6) is 0 Å². The van der Waals surface area contributed by atoms with Crippen LogP contribution in [0.15, 0.2) is 41.0 Å². The molecule has 1 aromatic heterocycles. The average Bonchev–Trinajstić information content (AvgIpc) is 2.94. The van der Waals surface area contributed by atoms with Gasteiger partial charge in [-0.1, -0.05) is 23.2 Å². The molecule has 0 aliphatic carbocycles. The summed E-state index contributed by atoms with van der Waals surface area (Å²) in [6.45, 7) is 2.06. The van der Waals surface area contributed by atoms with Crippen LogP contribution in [0.3, 0.4) is 0 Å². The van der Waals surface area contributed by atoms with Crippen molar-refractivity contribution in [1.29, 1.82) is 0 Å². The average molecular weight is 313 g/mol. The van der Waals surface area contributed by atoms with Gasteiger partial charge in [-0.3, -0.25) is 10.1 Å². The highest BCUT2D eigenvalue weighted by Crippen LogP contribution is 2.25. The van der Waals surface area contributed by atoms with Gasteiger partial charge in [-0.25, -0.2) is 0 Å². The zero-order chi connectivity index (χ0) is 14.5. The number of furan rings is 1. The van der Waals surface area contributed by atoms with Crippen LogP contribution in [0.4, 0.5) is 5.69 Å². The monoisotopic (exact) mass is 312 g/mol. The van der Waals surface area contributed by atoms with E-state index in [1.54, 1.807) is 30.5 Å². The zero-order valence-electron chi connectivity index (χ0n) is 10.8. The minimum Gasteiger partial charge on any atom is -0.468 e. The standard InChI is InChI=1S/C14H14Cl2N2O2/c1-9(13-3-2-6-20-13)17-8-14(19)18-12-7-10(15)4-5-11(12)16/h2-7,9,17H,8H2,1H3,(H,18,19)/t9-/m0/s1. The lowest BCUT2D eigenvalue weighted by Crippen LogP contribution is -2.30. The van der Waals surface area contributed by atoms with Crippen molar-refractivity contribution in [1.82, 2.24) is 5.32 Å². The third kappa shape index (κ3) is 4.00. The first-order valence-corrected chi connectivity index (χ1v) is 6.83. The Morgan fingerprint density at radius 2 is 2.15 bits per heavy atom. The molecule has 0 unspecified atom stereocenters. The van der Waals surface area contributed by atoms with Gasteiger partial charge in [0.05, 0.1) is 29.6 Å². The second-order valence-corrected chi connectivity index (χ2v) is 5.13. The molecule has 0 saturated heterocycles. The largest absolute Gasteiger partial charge is 0.468 e. The van der Waals surface area contributed by atoms with Gasteiger partial charge in [0.1, 0.15) is 5.76 Å². The summed E-state index contributed by atoms with van der Waals surface area (Å²) in [5.74, 6) is 0.575. The van der Waals surface area contributed by atoms with Crippen LogP contribution >= 0.6 is 23.2 Å². The van der Waals surface area contributed by atoms with Crippen molar-refractivity contribution < 1.29 is 9.21 Å². The Morgan fingerprint density at radius 1 is 1.35 bits per heavy atom. The molecule has 4 nitrogen and oxygen atoms in total. The van der Waals surface area contributed by atoms with E-state index in [2.05, 4.69) is 10.6 Å². The van der Waals surface area contributed by atoms with Crippen LogP contribution in [-0.4, -0.2) is 12.5 Å². The molecule has 0 bridgehead atoms. The van der Waals surface area contributed by atoms with Gasteiger partial charge >= 0.3 is 0 Å². The zero-order valence-corrected chi connectivity index (χ0v) is 12.3. The lowest BCUT2D eigenvalue weighted by molar-refractivity contribution is -0.115. The van der Waals surface area contributed by atoms with Gasteiger partial charge in [0.25, 0.3) is 0 Å². The van der Waals surface area contributed by atoms with Gasteiger partial charge in [-0.15, -0.1) is 0 Å². The number of anilines is 1. The van der Waals surface area contributed by atoms with E-state index >= 15 is 0 Å². The third-order valence-electron chi connectivity index (χ3n) is 2.74. The Morgan fingerprint density at radius 3 is 2.85 bits per heavy atom. The second kappa shape index (κ2) is 6.79. The van der Waals surface area contributed by atoms with E-state index in [0.717, 1.165) is 5.76 Å². The molecule has 1 amide bonds. The van der Waals surface area contributed by atoms with E-state index < -0.39 is 0 Å². The van der Waals surface area contributed by atoms with Crippen molar-refractivity contribution >= 4 is 34.8 Å². The summed E-state index contributed by atoms with van der Waals surface area (Å²) in [7, 11) is 0. The molecule has 1 heterocycles. The number of rotatable bonds is 5. The fourth-order valence-electron chi connectivity index (χ4n) is 1.67. The molecular weight excluding hydrogens is 299 g/mol. The van der Waals surface area contributed by atoms with Gasteiger partial charge in [0.2, 0.25) is 5.91 Å². The SMILES string of the molecule is C[C@H](NCC(=O)Nc1cc(Cl)ccc1Cl)c1ccco1. The van der Waals surface area contributed by atoms with E-state index in [0.29, 0.717) is 15.7 Å². The minimum absolute atomic E-state index is 0.0504. The molecule has 2 aromatic rings. The maximum absolute atomic E-state index is 11.8. The van der Waals surface area contributed by atoms with Gasteiger partial charge in [-0.2, -0.15) is 0 Å². The summed E-state index contributed by atoms with van der Waals surface area (Å²) in [5, 5.41) is 6.72. The summed E-state index contributed by atoms with van der Waals surface area (Å²) in [4.78, 5) is 11.8. The predicted molar refractivity (Wildman–Crippen MR) is 80.2 cm³/mol. The molecule has 20 heavy (non-hydrogen) atoms. The van der Waals surface area contributed by atoms with Gasteiger partial charge in [0.15, 0.2) is 0 Å². The lowest BCUT2D eigenvalue weighted by Gasteiger charge is -2.12. The van der Waals surface area contributed by atoms with E-state index in [9.17, 15) is 4.79 Å². The molecule has 2 N–H and O–H groups in total. The van der Waals surface area contributed by atoms with Crippen molar-refractivity contribution in [2.75, 3.05) is 11.9 Å². The van der Waals surface area contributed by atoms with Crippen molar-refractivity contribution in [3.05, 3.63) is 52.4 Å². The first-order valence-electron chi connectivity index (χ1n) is 6.08. The number of benzene rings is 1. The van der Waals surface area contributed by atoms with E-state index in [4.69, 9.17) is 27.6 Å². The number of hydrogen-bond acceptors (Lipinski definition) is 3. The summed E-state index contributed by atoms with van der Waals surface area (Å²) in [6.07, 6.45) is 1.60. The first-order chi connectivity index (χ1) is 9.56. The first kappa shape index (κ1) is 14.9. The normalized spacial score (nSPS) is 12.2. The summed E-state index contributed by atoms with van der Waals surface area (Å²) < 4.78 is 5.25. The molecule has 1 atom stereocenters. The van der Waals surface area contributed by atoms with Gasteiger partial charge in [0, 0.05) is 5.02 Å². The molecule has 6 heteroatoms. The quantitative estimate of drug-likeness (QED) is 0.881. The molecular formula is C14H14Cl2N2O2. The van der Waals surface area contributed by atoms with Crippen LogP contribution in [-0.2, 0) is 4.79 Å². The number of halogens is 2. The molecule has 0 radical (unpaired) electrons. The Labute approximate surface area is 127 Å². The summed E-state index contributed by atoms with van der Waals surface area (Å²) in [6, 6.07) is 8.51. The molecule has 2 rings (SSSR count). The minimum atomic E-state index is -0.201. The number of hydrogen-bond donors (Lipinski definition) is 2. The fraction of sp³-hybridized carbons (Fsp3) is 0.214. The molecule has 0 spiro atoms. The Bertz CT molecular complexity index is 585. The van der Waals surface area contributed by atoms with Crippen molar-refractivity contribution in [3.63, 3.8) is 0 Å². The van der Waals surface area contributed by atoms with E-state index in [1.165, 1.54) is 0 Å². The number of nitrogens with one attached hydrogen (secondary N) is 2. The van der Waals surface area contributed by atoms with Crippen molar-refractivity contribution in [2.24, 2.45) is 0 Å².